The van der Waals surface area contributed by atoms with E-state index >= 15 is 0 Å². The molecule has 0 saturated carbocycles. The van der Waals surface area contributed by atoms with Crippen molar-refractivity contribution >= 4 is 17.6 Å². The molecule has 2 heterocycles. The van der Waals surface area contributed by atoms with Gasteiger partial charge in [0, 0.05) is 25.3 Å². The Kier molecular flexibility index (Phi) is 7.65. The lowest BCUT2D eigenvalue weighted by Gasteiger charge is -2.38. The number of para-hydroxylation sites is 2. The van der Waals surface area contributed by atoms with Crippen molar-refractivity contribution in [1.82, 2.24) is 9.47 Å². The van der Waals surface area contributed by atoms with Gasteiger partial charge in [-0.15, -0.1) is 0 Å². The highest BCUT2D eigenvalue weighted by Gasteiger charge is 2.32. The summed E-state index contributed by atoms with van der Waals surface area (Å²) in [5.41, 5.74) is 2.18. The Balaban J connectivity index is 1.53. The average molecular weight is 462 g/mol. The van der Waals surface area contributed by atoms with Crippen molar-refractivity contribution < 1.29 is 19.1 Å². The summed E-state index contributed by atoms with van der Waals surface area (Å²) in [6.45, 7) is 3.90. The summed E-state index contributed by atoms with van der Waals surface area (Å²) in [5, 5.41) is 3.09. The van der Waals surface area contributed by atoms with Gasteiger partial charge in [0.1, 0.15) is 17.5 Å². The van der Waals surface area contributed by atoms with Crippen molar-refractivity contribution in [2.75, 3.05) is 32.1 Å². The second-order valence-corrected chi connectivity index (χ2v) is 8.29. The lowest BCUT2D eigenvalue weighted by Crippen LogP contribution is -2.42. The average Bonchev–Trinajstić information content (AvgIpc) is 3.36. The zero-order valence-corrected chi connectivity index (χ0v) is 19.6. The molecule has 2 aromatic carbocycles. The van der Waals surface area contributed by atoms with Crippen LogP contribution in [0.4, 0.5) is 5.69 Å². The van der Waals surface area contributed by atoms with Crippen LogP contribution in [0.2, 0.25) is 0 Å². The predicted molar refractivity (Wildman–Crippen MR) is 131 cm³/mol. The highest BCUT2D eigenvalue weighted by molar-refractivity contribution is 5.96. The first-order valence-corrected chi connectivity index (χ1v) is 11.7. The Morgan fingerprint density at radius 1 is 1.00 bits per heavy atom. The summed E-state index contributed by atoms with van der Waals surface area (Å²) in [4.78, 5) is 27.9. The van der Waals surface area contributed by atoms with Gasteiger partial charge in [-0.2, -0.15) is 0 Å². The molecule has 0 radical (unpaired) electrons. The second kappa shape index (κ2) is 11.0. The van der Waals surface area contributed by atoms with Gasteiger partial charge in [0.2, 0.25) is 5.91 Å². The third-order valence-electron chi connectivity index (χ3n) is 6.24. The molecule has 178 valence electrons. The molecular formula is C27H31N3O4. The van der Waals surface area contributed by atoms with Crippen LogP contribution in [0.25, 0.3) is 0 Å². The molecule has 0 spiro atoms. The van der Waals surface area contributed by atoms with Crippen molar-refractivity contribution in [2.45, 2.75) is 31.8 Å². The number of esters is 1. The number of rotatable bonds is 8. The number of hydrogen-bond donors (Lipinski definition) is 1. The Morgan fingerprint density at radius 3 is 2.41 bits per heavy atom. The lowest BCUT2D eigenvalue weighted by molar-refractivity contribution is -0.122. The normalized spacial score (nSPS) is 15.5. The van der Waals surface area contributed by atoms with Crippen LogP contribution in [-0.2, 0) is 9.53 Å². The summed E-state index contributed by atoms with van der Waals surface area (Å²) < 4.78 is 12.6. The van der Waals surface area contributed by atoms with E-state index in [2.05, 4.69) is 10.2 Å². The predicted octanol–water partition coefficient (Wildman–Crippen LogP) is 4.69. The van der Waals surface area contributed by atoms with Gasteiger partial charge in [-0.1, -0.05) is 42.5 Å². The zero-order chi connectivity index (χ0) is 23.9. The number of nitrogens with zero attached hydrogens (tertiary/aromatic N) is 2. The quantitative estimate of drug-likeness (QED) is 0.493. The largest absolute Gasteiger partial charge is 0.492 e. The molecule has 1 aliphatic heterocycles. The number of benzene rings is 2. The maximum Gasteiger partial charge on any atom is 0.354 e. The van der Waals surface area contributed by atoms with Gasteiger partial charge in [0.15, 0.2) is 0 Å². The molecule has 1 atom stereocenters. The van der Waals surface area contributed by atoms with Crippen molar-refractivity contribution in [3.05, 3.63) is 84.2 Å². The number of amides is 1. The number of carbonyl (C=O) groups is 2. The Hall–Kier alpha value is -3.58. The van der Waals surface area contributed by atoms with Crippen LogP contribution >= 0.6 is 0 Å². The van der Waals surface area contributed by atoms with E-state index in [-0.39, 0.29) is 17.9 Å². The minimum absolute atomic E-state index is 0.0898. The minimum Gasteiger partial charge on any atom is -0.492 e. The Morgan fingerprint density at radius 2 is 1.71 bits per heavy atom. The Bertz CT molecular complexity index is 1100. The van der Waals surface area contributed by atoms with E-state index in [1.54, 1.807) is 6.07 Å². The van der Waals surface area contributed by atoms with Gasteiger partial charge in [-0.3, -0.25) is 9.69 Å². The Labute approximate surface area is 200 Å². The number of aromatic nitrogens is 1. The number of hydrogen-bond acceptors (Lipinski definition) is 5. The number of methoxy groups -OCH3 is 1. The van der Waals surface area contributed by atoms with Gasteiger partial charge in [-0.25, -0.2) is 4.79 Å². The third kappa shape index (κ3) is 5.15. The molecule has 3 aromatic rings. The summed E-state index contributed by atoms with van der Waals surface area (Å²) in [6.07, 6.45) is 3.58. The van der Waals surface area contributed by atoms with Crippen molar-refractivity contribution in [3.8, 4) is 5.75 Å². The molecule has 1 fully saturated rings. The van der Waals surface area contributed by atoms with E-state index in [1.807, 2.05) is 78.4 Å². The molecule has 1 aromatic heterocycles. The molecule has 0 bridgehead atoms. The summed E-state index contributed by atoms with van der Waals surface area (Å²) in [5.74, 6) is 0.238. The molecule has 4 rings (SSSR count). The van der Waals surface area contributed by atoms with E-state index in [0.29, 0.717) is 23.7 Å². The number of piperidine rings is 1. The number of ether oxygens (including phenoxy) is 2. The fourth-order valence-corrected chi connectivity index (χ4v) is 4.63. The van der Waals surface area contributed by atoms with Gasteiger partial charge in [-0.05, 0) is 49.6 Å². The molecule has 1 amide bonds. The van der Waals surface area contributed by atoms with E-state index < -0.39 is 6.04 Å². The molecule has 1 saturated heterocycles. The molecule has 7 nitrogen and oxygen atoms in total. The highest BCUT2D eigenvalue weighted by Crippen LogP contribution is 2.32. The molecule has 34 heavy (non-hydrogen) atoms. The van der Waals surface area contributed by atoms with Gasteiger partial charge in [0.25, 0.3) is 0 Å². The third-order valence-corrected chi connectivity index (χ3v) is 6.24. The monoisotopic (exact) mass is 461 g/mol. The van der Waals surface area contributed by atoms with Gasteiger partial charge < -0.3 is 19.4 Å². The fraction of sp³-hybridized carbons (Fsp3) is 0.333. The fourth-order valence-electron chi connectivity index (χ4n) is 4.63. The smallest absolute Gasteiger partial charge is 0.354 e. The SMILES string of the molecule is CCOc1ccccc1NC(=O)C(c1ccccc1)N1CCC(n2cccc2C(=O)OC)CC1. The van der Waals surface area contributed by atoms with Crippen LogP contribution < -0.4 is 10.1 Å². The van der Waals surface area contributed by atoms with E-state index in [9.17, 15) is 9.59 Å². The van der Waals surface area contributed by atoms with Crippen LogP contribution in [0.15, 0.2) is 72.9 Å². The van der Waals surface area contributed by atoms with Crippen LogP contribution in [0.5, 0.6) is 5.75 Å². The molecule has 1 aliphatic rings. The van der Waals surface area contributed by atoms with Gasteiger partial charge in [0.05, 0.1) is 19.4 Å². The first kappa shape index (κ1) is 23.6. The zero-order valence-electron chi connectivity index (χ0n) is 19.6. The lowest BCUT2D eigenvalue weighted by atomic mass is 9.98. The van der Waals surface area contributed by atoms with Crippen molar-refractivity contribution in [1.29, 1.82) is 0 Å². The number of likely N-dealkylation sites (tertiary alicyclic amines) is 1. The highest BCUT2D eigenvalue weighted by atomic mass is 16.5. The van der Waals surface area contributed by atoms with Crippen LogP contribution in [-0.4, -0.2) is 48.1 Å². The number of anilines is 1. The van der Waals surface area contributed by atoms with Crippen LogP contribution in [0.1, 0.15) is 47.9 Å². The molecule has 0 aliphatic carbocycles. The molecular weight excluding hydrogens is 430 g/mol. The maximum atomic E-state index is 13.6. The van der Waals surface area contributed by atoms with Crippen LogP contribution in [0, 0.1) is 0 Å². The van der Waals surface area contributed by atoms with E-state index in [1.165, 1.54) is 7.11 Å². The molecule has 1 N–H and O–H groups in total. The standard InChI is InChI=1S/C27H31N3O4/c1-3-34-24-14-8-7-12-22(24)28-26(31)25(20-10-5-4-6-11-20)29-18-15-21(16-19-29)30-17-9-13-23(30)27(32)33-2/h4-14,17,21,25H,3,15-16,18-19H2,1-2H3,(H,28,31). The first-order chi connectivity index (χ1) is 16.6. The minimum atomic E-state index is -0.429. The first-order valence-electron chi connectivity index (χ1n) is 11.7. The second-order valence-electron chi connectivity index (χ2n) is 8.29. The summed E-state index contributed by atoms with van der Waals surface area (Å²) in [6, 6.07) is 20.8. The number of nitrogens with one attached hydrogen (secondary N) is 1. The van der Waals surface area contributed by atoms with Crippen molar-refractivity contribution in [2.24, 2.45) is 0 Å². The number of carbonyl (C=O) groups excluding carboxylic acids is 2. The molecule has 1 unspecified atom stereocenters. The van der Waals surface area contributed by atoms with Crippen molar-refractivity contribution in [3.63, 3.8) is 0 Å². The summed E-state index contributed by atoms with van der Waals surface area (Å²) >= 11 is 0. The molecule has 7 heteroatoms. The topological polar surface area (TPSA) is 72.8 Å². The summed E-state index contributed by atoms with van der Waals surface area (Å²) in [7, 11) is 1.40. The maximum absolute atomic E-state index is 13.6. The van der Waals surface area contributed by atoms with E-state index in [4.69, 9.17) is 9.47 Å². The van der Waals surface area contributed by atoms with E-state index in [0.717, 1.165) is 31.5 Å². The van der Waals surface area contributed by atoms with Crippen LogP contribution in [0.3, 0.4) is 0 Å². The van der Waals surface area contributed by atoms with Gasteiger partial charge >= 0.3 is 5.97 Å².